The number of carbonyl (C=O) groups is 6. The third-order valence-corrected chi connectivity index (χ3v) is 10.3. The minimum atomic E-state index is -1.37. The zero-order valence-electron chi connectivity index (χ0n) is 29.1. The van der Waals surface area contributed by atoms with Crippen molar-refractivity contribution < 1.29 is 48.6 Å². The number of aliphatic carboxylic acids is 1. The van der Waals surface area contributed by atoms with Crippen molar-refractivity contribution in [1.29, 1.82) is 0 Å². The van der Waals surface area contributed by atoms with Crippen LogP contribution >= 0.6 is 23.3 Å². The molecule has 0 spiro atoms. The molecule has 3 atom stereocenters. The maximum atomic E-state index is 13.5. The van der Waals surface area contributed by atoms with Crippen LogP contribution in [-0.2, 0) is 33.4 Å². The number of carboxylic acids is 1. The number of carbonyl (C=O) groups excluding carboxylic acids is 5. The molecular weight excluding hydrogens is 732 g/mol. The summed E-state index contributed by atoms with van der Waals surface area (Å²) in [5.74, 6) is -3.78. The fraction of sp³-hybridized carbons (Fsp3) is 0.516. The molecule has 0 aromatic carbocycles. The summed E-state index contributed by atoms with van der Waals surface area (Å²) in [6.45, 7) is 6.65. The zero-order chi connectivity index (χ0) is 37.0. The molecule has 0 aliphatic carbocycles. The van der Waals surface area contributed by atoms with Crippen LogP contribution in [-0.4, -0.2) is 161 Å². The number of anilines is 1. The Balaban J connectivity index is 0.00000605. The number of nitrogens with two attached hydrogens (primary N) is 1. The van der Waals surface area contributed by atoms with Crippen LogP contribution in [0.2, 0.25) is 0 Å². The Kier molecular flexibility index (Phi) is 13.9. The standard InChI is InChI=1S/C31H38N8O10S2.Na/c1-4-5-17(29(45)48-12-15(2)3)13-49-31(46)37-8-7-19(11-37)38-9-6-16(25(38)41)10-18-14-50-27-21(26(42)39(27)22(18)28(43)44)33-24(40)20(35-47)23-34-30(32)51-36-23;/h5,10,15,19,21,27,47H,4,6-9,11-14H2,1-3H3,(H,33,40)(H,43,44)(H2,32,34,36);/t19-,21-,27-;/m1./s1. The number of amides is 4. The molecule has 5 N–H and O–H groups in total. The number of nitrogens with one attached hydrogen (secondary N) is 1. The van der Waals surface area contributed by atoms with Crippen LogP contribution in [0.25, 0.3) is 0 Å². The number of fused-ring (bicyclic) bond motifs is 1. The van der Waals surface area contributed by atoms with Gasteiger partial charge in [-0.2, -0.15) is 9.36 Å². The summed E-state index contributed by atoms with van der Waals surface area (Å²) in [5, 5.41) is 24.1. The number of hydrogen-bond acceptors (Lipinski definition) is 15. The summed E-state index contributed by atoms with van der Waals surface area (Å²) in [5.41, 5.74) is 5.58. The van der Waals surface area contributed by atoms with E-state index >= 15 is 0 Å². The first-order valence-electron chi connectivity index (χ1n) is 16.2. The first-order chi connectivity index (χ1) is 24.3. The fourth-order valence-electron chi connectivity index (χ4n) is 5.99. The molecule has 52 heavy (non-hydrogen) atoms. The zero-order valence-corrected chi connectivity index (χ0v) is 32.7. The molecule has 5 rings (SSSR count). The van der Waals surface area contributed by atoms with Crippen molar-refractivity contribution in [1.82, 2.24) is 29.4 Å². The molecule has 3 fully saturated rings. The van der Waals surface area contributed by atoms with Crippen molar-refractivity contribution in [2.24, 2.45) is 11.1 Å². The Bertz CT molecular complexity index is 1740. The summed E-state index contributed by atoms with van der Waals surface area (Å²) in [7, 11) is 0. The molecule has 1 aromatic heterocycles. The molecular formula is C31H38N8NaO10S2. The molecule has 5 heterocycles. The smallest absolute Gasteiger partial charge is 0.410 e. The number of nitrogen functional groups attached to an aromatic ring is 1. The van der Waals surface area contributed by atoms with Crippen molar-refractivity contribution in [3.8, 4) is 0 Å². The average molecular weight is 770 g/mol. The van der Waals surface area contributed by atoms with Gasteiger partial charge < -0.3 is 40.6 Å². The third kappa shape index (κ3) is 8.79. The fourth-order valence-corrected chi connectivity index (χ4v) is 7.73. The second-order valence-corrected chi connectivity index (χ2v) is 14.3. The molecule has 0 saturated carbocycles. The van der Waals surface area contributed by atoms with E-state index in [2.05, 4.69) is 19.8 Å². The predicted octanol–water partition coefficient (Wildman–Crippen LogP) is 0.562. The van der Waals surface area contributed by atoms with Crippen molar-refractivity contribution in [2.75, 3.05) is 44.3 Å². The predicted molar refractivity (Wildman–Crippen MR) is 188 cm³/mol. The van der Waals surface area contributed by atoms with E-state index in [9.17, 15) is 39.1 Å². The van der Waals surface area contributed by atoms with Gasteiger partial charge in [-0.15, -0.1) is 11.8 Å². The molecule has 21 heteroatoms. The number of oxime groups is 1. The molecule has 4 aliphatic rings. The van der Waals surface area contributed by atoms with Gasteiger partial charge in [-0.25, -0.2) is 14.4 Å². The van der Waals surface area contributed by atoms with Crippen molar-refractivity contribution in [3.05, 3.63) is 40.4 Å². The first-order valence-corrected chi connectivity index (χ1v) is 18.0. The van der Waals surface area contributed by atoms with Gasteiger partial charge in [0.05, 0.1) is 18.2 Å². The largest absolute Gasteiger partial charge is 0.477 e. The number of thioether (sulfide) groups is 1. The van der Waals surface area contributed by atoms with E-state index in [4.69, 9.17) is 15.2 Å². The van der Waals surface area contributed by atoms with Crippen LogP contribution in [0.3, 0.4) is 0 Å². The summed E-state index contributed by atoms with van der Waals surface area (Å²) in [4.78, 5) is 85.1. The molecule has 4 aliphatic heterocycles. The van der Waals surface area contributed by atoms with E-state index < -0.39 is 47.0 Å². The number of likely N-dealkylation sites (tertiary alicyclic amines) is 2. The van der Waals surface area contributed by atoms with E-state index in [1.54, 1.807) is 11.0 Å². The summed E-state index contributed by atoms with van der Waals surface area (Å²) in [6, 6.07) is -1.41. The molecule has 275 valence electrons. The van der Waals surface area contributed by atoms with Gasteiger partial charge in [-0.05, 0) is 36.8 Å². The Morgan fingerprint density at radius 1 is 1.19 bits per heavy atom. The minimum Gasteiger partial charge on any atom is -0.477 e. The molecule has 18 nitrogen and oxygen atoms in total. The molecule has 3 saturated heterocycles. The van der Waals surface area contributed by atoms with Crippen LogP contribution in [0.5, 0.6) is 0 Å². The second kappa shape index (κ2) is 17.7. The average Bonchev–Trinajstić information content (AvgIpc) is 3.84. The number of esters is 1. The number of β-lactam (4-membered cyclic amide) rings is 1. The van der Waals surface area contributed by atoms with Gasteiger partial charge in [0.15, 0.2) is 5.13 Å². The van der Waals surface area contributed by atoms with Gasteiger partial charge in [0.2, 0.25) is 17.4 Å². The summed E-state index contributed by atoms with van der Waals surface area (Å²) >= 11 is 1.98. The Morgan fingerprint density at radius 2 is 1.94 bits per heavy atom. The first kappa shape index (κ1) is 40.8. The van der Waals surface area contributed by atoms with Gasteiger partial charge in [0, 0.05) is 72.0 Å². The van der Waals surface area contributed by atoms with Crippen molar-refractivity contribution in [2.45, 2.75) is 57.5 Å². The molecule has 1 radical (unpaired) electrons. The van der Waals surface area contributed by atoms with E-state index in [1.165, 1.54) is 22.7 Å². The number of hydrogen-bond donors (Lipinski definition) is 4. The monoisotopic (exact) mass is 769 g/mol. The quantitative estimate of drug-likeness (QED) is 0.0432. The number of allylic oxidation sites excluding steroid dienone is 2. The van der Waals surface area contributed by atoms with Gasteiger partial charge in [0.1, 0.15) is 23.7 Å². The summed E-state index contributed by atoms with van der Waals surface area (Å²) < 4.78 is 14.5. The van der Waals surface area contributed by atoms with E-state index in [-0.39, 0.29) is 101 Å². The number of aromatic nitrogens is 2. The van der Waals surface area contributed by atoms with Crippen LogP contribution in [0.15, 0.2) is 39.7 Å². The summed E-state index contributed by atoms with van der Waals surface area (Å²) in [6.07, 6.45) is 3.95. The second-order valence-electron chi connectivity index (χ2n) is 12.4. The maximum absolute atomic E-state index is 13.5. The molecule has 4 amide bonds. The Hall–Kier alpha value is -3.98. The molecule has 0 unspecified atom stereocenters. The van der Waals surface area contributed by atoms with Gasteiger partial charge in [-0.1, -0.05) is 32.0 Å². The normalized spacial score (nSPS) is 22.7. The van der Waals surface area contributed by atoms with Crippen LogP contribution in [0, 0.1) is 5.92 Å². The van der Waals surface area contributed by atoms with Crippen LogP contribution in [0.4, 0.5) is 9.93 Å². The van der Waals surface area contributed by atoms with Gasteiger partial charge >= 0.3 is 18.0 Å². The minimum absolute atomic E-state index is 0. The molecule has 1 aromatic rings. The number of rotatable bonds is 12. The SMILES string of the molecule is CCC=C(COC(=O)N1CC[C@@H](N2CCC(=CC3=C(C(=O)O)N4C(=O)[C@@H](NC(=O)C(=NO)c5nsc(N)n5)[C@H]4SC3)C2=O)C1)C(=O)OCC(C)C.[Na]. The third-order valence-electron chi connectivity index (χ3n) is 8.44. The van der Waals surface area contributed by atoms with Gasteiger partial charge in [0.25, 0.3) is 11.8 Å². The Morgan fingerprint density at radius 3 is 2.58 bits per heavy atom. The molecule has 0 bridgehead atoms. The van der Waals surface area contributed by atoms with Crippen molar-refractivity contribution >= 4 is 99.4 Å². The van der Waals surface area contributed by atoms with Crippen LogP contribution in [0.1, 0.15) is 45.9 Å². The number of nitrogens with zero attached hydrogens (tertiary/aromatic N) is 6. The van der Waals surface area contributed by atoms with Gasteiger partial charge in [-0.3, -0.25) is 19.3 Å². The van der Waals surface area contributed by atoms with E-state index in [1.807, 2.05) is 20.8 Å². The van der Waals surface area contributed by atoms with Crippen molar-refractivity contribution in [3.63, 3.8) is 0 Å². The van der Waals surface area contributed by atoms with E-state index in [0.717, 1.165) is 16.4 Å². The number of ether oxygens (including phenoxy) is 2. The maximum Gasteiger partial charge on any atom is 0.410 e. The topological polar surface area (TPSA) is 247 Å². The van der Waals surface area contributed by atoms with E-state index in [0.29, 0.717) is 37.9 Å². The Labute approximate surface area is 328 Å². The number of carboxylic acid groups (broad SMARTS) is 1. The van der Waals surface area contributed by atoms with Crippen LogP contribution < -0.4 is 11.1 Å².